The van der Waals surface area contributed by atoms with E-state index in [0.29, 0.717) is 0 Å². The van der Waals surface area contributed by atoms with Crippen molar-refractivity contribution in [1.82, 2.24) is 0 Å². The quantitative estimate of drug-likeness (QED) is 0.631. The van der Waals surface area contributed by atoms with Crippen LogP contribution in [0.5, 0.6) is 0 Å². The molecule has 76 valence electrons. The zero-order valence-electron chi connectivity index (χ0n) is 8.41. The maximum atomic E-state index is 11.0. The van der Waals surface area contributed by atoms with Gasteiger partial charge in [0.2, 0.25) is 0 Å². The lowest BCUT2D eigenvalue weighted by Crippen LogP contribution is -2.29. The molecule has 3 nitrogen and oxygen atoms in total. The molecule has 0 aromatic rings. The van der Waals surface area contributed by atoms with Gasteiger partial charge in [-0.25, -0.2) is 4.79 Å². The number of hydrogen-bond donors (Lipinski definition) is 0. The molecule has 1 aliphatic rings. The molecule has 13 heavy (non-hydrogen) atoms. The normalized spacial score (nSPS) is 21.1. The van der Waals surface area contributed by atoms with Gasteiger partial charge in [-0.1, -0.05) is 19.3 Å². The van der Waals surface area contributed by atoms with Crippen LogP contribution in [0.2, 0.25) is 0 Å². The van der Waals surface area contributed by atoms with Gasteiger partial charge in [-0.15, -0.1) is 0 Å². The zero-order valence-corrected chi connectivity index (χ0v) is 8.41. The molecule has 1 fully saturated rings. The second-order valence-electron chi connectivity index (χ2n) is 3.56. The summed E-state index contributed by atoms with van der Waals surface area (Å²) in [7, 11) is 1.39. The Kier molecular flexibility index (Phi) is 4.22. The SMILES string of the molecule is COC(=O)[C@@H](C)OC1CCCCC1. The molecule has 0 aromatic heterocycles. The van der Waals surface area contributed by atoms with Crippen molar-refractivity contribution in [2.45, 2.75) is 51.2 Å². The highest BCUT2D eigenvalue weighted by Crippen LogP contribution is 2.21. The van der Waals surface area contributed by atoms with E-state index < -0.39 is 6.10 Å². The van der Waals surface area contributed by atoms with Crippen LogP contribution in [0.25, 0.3) is 0 Å². The first kappa shape index (κ1) is 10.5. The maximum absolute atomic E-state index is 11.0. The largest absolute Gasteiger partial charge is 0.467 e. The average molecular weight is 186 g/mol. The second kappa shape index (κ2) is 5.22. The number of carbonyl (C=O) groups is 1. The van der Waals surface area contributed by atoms with Crippen molar-refractivity contribution in [3.05, 3.63) is 0 Å². The Hall–Kier alpha value is -0.570. The summed E-state index contributed by atoms with van der Waals surface area (Å²) in [5.41, 5.74) is 0. The molecule has 3 heteroatoms. The van der Waals surface area contributed by atoms with Gasteiger partial charge in [-0.05, 0) is 19.8 Å². The molecule has 0 N–H and O–H groups in total. The first-order chi connectivity index (χ1) is 6.24. The minimum Gasteiger partial charge on any atom is -0.467 e. The van der Waals surface area contributed by atoms with Crippen molar-refractivity contribution in [3.63, 3.8) is 0 Å². The van der Waals surface area contributed by atoms with E-state index in [-0.39, 0.29) is 12.1 Å². The maximum Gasteiger partial charge on any atom is 0.334 e. The smallest absolute Gasteiger partial charge is 0.334 e. The van der Waals surface area contributed by atoms with Crippen LogP contribution in [0.4, 0.5) is 0 Å². The van der Waals surface area contributed by atoms with Gasteiger partial charge in [0, 0.05) is 0 Å². The van der Waals surface area contributed by atoms with Crippen LogP contribution in [0.3, 0.4) is 0 Å². The van der Waals surface area contributed by atoms with Gasteiger partial charge < -0.3 is 9.47 Å². The van der Waals surface area contributed by atoms with Crippen LogP contribution in [0.15, 0.2) is 0 Å². The molecular formula is C10H18O3. The molecule has 0 bridgehead atoms. The van der Waals surface area contributed by atoms with Crippen molar-refractivity contribution in [1.29, 1.82) is 0 Å². The predicted molar refractivity (Wildman–Crippen MR) is 49.4 cm³/mol. The minimum atomic E-state index is -0.409. The van der Waals surface area contributed by atoms with E-state index in [0.717, 1.165) is 12.8 Å². The highest BCUT2D eigenvalue weighted by atomic mass is 16.6. The fraction of sp³-hybridized carbons (Fsp3) is 0.900. The first-order valence-electron chi connectivity index (χ1n) is 4.97. The van der Waals surface area contributed by atoms with Gasteiger partial charge in [0.15, 0.2) is 6.10 Å². The van der Waals surface area contributed by atoms with Crippen LogP contribution in [-0.2, 0) is 14.3 Å². The van der Waals surface area contributed by atoms with Crippen molar-refractivity contribution >= 4 is 5.97 Å². The summed E-state index contributed by atoms with van der Waals surface area (Å²) in [6.45, 7) is 1.75. The summed E-state index contributed by atoms with van der Waals surface area (Å²) in [5.74, 6) is -0.273. The Balaban J connectivity index is 2.25. The second-order valence-corrected chi connectivity index (χ2v) is 3.56. The van der Waals surface area contributed by atoms with E-state index >= 15 is 0 Å². The van der Waals surface area contributed by atoms with Gasteiger partial charge >= 0.3 is 5.97 Å². The topological polar surface area (TPSA) is 35.5 Å². The highest BCUT2D eigenvalue weighted by molar-refractivity contribution is 5.73. The summed E-state index contributed by atoms with van der Waals surface area (Å²) in [4.78, 5) is 11.0. The third-order valence-corrected chi connectivity index (χ3v) is 2.48. The van der Waals surface area contributed by atoms with Crippen LogP contribution in [0.1, 0.15) is 39.0 Å². The van der Waals surface area contributed by atoms with E-state index in [4.69, 9.17) is 4.74 Å². The molecule has 1 rings (SSSR count). The van der Waals surface area contributed by atoms with Gasteiger partial charge in [0.25, 0.3) is 0 Å². The Morgan fingerprint density at radius 1 is 1.31 bits per heavy atom. The van der Waals surface area contributed by atoms with Gasteiger partial charge in [0.1, 0.15) is 0 Å². The Bertz CT molecular complexity index is 162. The lowest BCUT2D eigenvalue weighted by molar-refractivity contribution is -0.157. The van der Waals surface area contributed by atoms with Gasteiger partial charge in [-0.2, -0.15) is 0 Å². The molecule has 0 heterocycles. The van der Waals surface area contributed by atoms with E-state index in [9.17, 15) is 4.79 Å². The number of esters is 1. The van der Waals surface area contributed by atoms with Crippen LogP contribution < -0.4 is 0 Å². The Morgan fingerprint density at radius 2 is 1.92 bits per heavy atom. The number of carbonyl (C=O) groups excluding carboxylic acids is 1. The predicted octanol–water partition coefficient (Wildman–Crippen LogP) is 1.90. The fourth-order valence-electron chi connectivity index (χ4n) is 1.71. The summed E-state index contributed by atoms with van der Waals surface area (Å²) in [6, 6.07) is 0. The van der Waals surface area contributed by atoms with Crippen LogP contribution in [0, 0.1) is 0 Å². The molecule has 0 aromatic carbocycles. The molecule has 1 aliphatic carbocycles. The van der Waals surface area contributed by atoms with E-state index in [1.807, 2.05) is 0 Å². The van der Waals surface area contributed by atoms with E-state index in [2.05, 4.69) is 4.74 Å². The molecule has 0 saturated heterocycles. The summed E-state index contributed by atoms with van der Waals surface area (Å²) in [6.07, 6.45) is 5.77. The number of methoxy groups -OCH3 is 1. The summed E-state index contributed by atoms with van der Waals surface area (Å²) in [5, 5.41) is 0. The monoisotopic (exact) mass is 186 g/mol. The lowest BCUT2D eigenvalue weighted by Gasteiger charge is -2.24. The minimum absolute atomic E-state index is 0.267. The molecule has 0 spiro atoms. The lowest BCUT2D eigenvalue weighted by atomic mass is 9.98. The van der Waals surface area contributed by atoms with Crippen LogP contribution >= 0.6 is 0 Å². The Labute approximate surface area is 79.4 Å². The molecule has 1 atom stereocenters. The van der Waals surface area contributed by atoms with Crippen molar-refractivity contribution < 1.29 is 14.3 Å². The first-order valence-corrected chi connectivity index (χ1v) is 4.97. The van der Waals surface area contributed by atoms with E-state index in [1.54, 1.807) is 6.92 Å². The van der Waals surface area contributed by atoms with Crippen molar-refractivity contribution in [3.8, 4) is 0 Å². The molecule has 0 aliphatic heterocycles. The third-order valence-electron chi connectivity index (χ3n) is 2.48. The third kappa shape index (κ3) is 3.35. The molecule has 0 amide bonds. The van der Waals surface area contributed by atoms with Crippen LogP contribution in [-0.4, -0.2) is 25.3 Å². The zero-order chi connectivity index (χ0) is 9.68. The van der Waals surface area contributed by atoms with Crippen molar-refractivity contribution in [2.24, 2.45) is 0 Å². The number of hydrogen-bond acceptors (Lipinski definition) is 3. The highest BCUT2D eigenvalue weighted by Gasteiger charge is 2.21. The van der Waals surface area contributed by atoms with Gasteiger partial charge in [-0.3, -0.25) is 0 Å². The summed E-state index contributed by atoms with van der Waals surface area (Å²) >= 11 is 0. The van der Waals surface area contributed by atoms with E-state index in [1.165, 1.54) is 26.4 Å². The average Bonchev–Trinajstić information content (AvgIpc) is 2.18. The molecule has 0 unspecified atom stereocenters. The number of rotatable bonds is 3. The van der Waals surface area contributed by atoms with Gasteiger partial charge in [0.05, 0.1) is 13.2 Å². The molecular weight excluding hydrogens is 168 g/mol. The molecule has 1 saturated carbocycles. The fourth-order valence-corrected chi connectivity index (χ4v) is 1.71. The van der Waals surface area contributed by atoms with Crippen molar-refractivity contribution in [2.75, 3.05) is 7.11 Å². The standard InChI is InChI=1S/C10H18O3/c1-8(10(11)12-2)13-9-6-4-3-5-7-9/h8-9H,3-7H2,1-2H3/t8-/m1/s1. The summed E-state index contributed by atoms with van der Waals surface area (Å²) < 4.78 is 10.2. The number of ether oxygens (including phenoxy) is 2. The Morgan fingerprint density at radius 3 is 2.46 bits per heavy atom. The molecule has 0 radical (unpaired) electrons.